The van der Waals surface area contributed by atoms with Crippen molar-refractivity contribution < 1.29 is 9.84 Å². The minimum atomic E-state index is -0.593. The maximum atomic E-state index is 10.8. The fourth-order valence-electron chi connectivity index (χ4n) is 3.09. The quantitative estimate of drug-likeness (QED) is 0.824. The minimum Gasteiger partial charge on any atom is -0.385 e. The van der Waals surface area contributed by atoms with Gasteiger partial charge in [0, 0.05) is 11.6 Å². The van der Waals surface area contributed by atoms with Gasteiger partial charge in [-0.3, -0.25) is 0 Å². The van der Waals surface area contributed by atoms with Crippen LogP contribution in [0.3, 0.4) is 0 Å². The summed E-state index contributed by atoms with van der Waals surface area (Å²) in [5.41, 5.74) is 0.429. The summed E-state index contributed by atoms with van der Waals surface area (Å²) in [6, 6.07) is 7.50. The molecule has 1 saturated carbocycles. The van der Waals surface area contributed by atoms with Crippen LogP contribution >= 0.6 is 11.6 Å². The van der Waals surface area contributed by atoms with Gasteiger partial charge in [0.1, 0.15) is 6.10 Å². The van der Waals surface area contributed by atoms with Crippen LogP contribution in [0, 0.1) is 0 Å². The van der Waals surface area contributed by atoms with Crippen molar-refractivity contribution in [3.63, 3.8) is 0 Å². The van der Waals surface area contributed by atoms with Crippen molar-refractivity contribution in [2.75, 3.05) is 6.61 Å². The first-order valence-electron chi connectivity index (χ1n) is 7.25. The summed E-state index contributed by atoms with van der Waals surface area (Å²) >= 11 is 6.03. The fraction of sp³-hybridized carbons (Fsp3) is 0.625. The molecule has 0 aromatic heterocycles. The second-order valence-corrected chi connectivity index (χ2v) is 5.81. The maximum absolute atomic E-state index is 10.8. The number of hydrogen-bond donors (Lipinski definition) is 1. The van der Waals surface area contributed by atoms with Crippen molar-refractivity contribution in [2.24, 2.45) is 0 Å². The van der Waals surface area contributed by atoms with Crippen LogP contribution in [0.25, 0.3) is 0 Å². The van der Waals surface area contributed by atoms with E-state index in [2.05, 4.69) is 0 Å². The molecule has 19 heavy (non-hydrogen) atoms. The standard InChI is InChI=1S/C16H23ClO2/c1-2-19-16(10-5-3-4-6-11-16)15(18)13-8-7-9-14(17)12-13/h7-9,12,15,18H,2-6,10-11H2,1H3. The Morgan fingerprint density at radius 3 is 2.53 bits per heavy atom. The van der Waals surface area contributed by atoms with Gasteiger partial charge in [-0.05, 0) is 37.5 Å². The zero-order valence-corrected chi connectivity index (χ0v) is 12.3. The Labute approximate surface area is 120 Å². The minimum absolute atomic E-state index is 0.435. The van der Waals surface area contributed by atoms with E-state index in [4.69, 9.17) is 16.3 Å². The summed E-state index contributed by atoms with van der Waals surface area (Å²) in [6.45, 7) is 2.63. The lowest BCUT2D eigenvalue weighted by Gasteiger charge is -2.37. The first-order valence-corrected chi connectivity index (χ1v) is 7.63. The highest BCUT2D eigenvalue weighted by Crippen LogP contribution is 2.40. The van der Waals surface area contributed by atoms with E-state index >= 15 is 0 Å². The highest BCUT2D eigenvalue weighted by atomic mass is 35.5. The SMILES string of the molecule is CCOC1(C(O)c2cccc(Cl)c2)CCCCCC1. The van der Waals surface area contributed by atoms with Gasteiger partial charge in [0.15, 0.2) is 0 Å². The summed E-state index contributed by atoms with van der Waals surface area (Å²) in [5.74, 6) is 0. The van der Waals surface area contributed by atoms with Gasteiger partial charge in [-0.2, -0.15) is 0 Å². The molecule has 106 valence electrons. The van der Waals surface area contributed by atoms with E-state index in [1.165, 1.54) is 12.8 Å². The van der Waals surface area contributed by atoms with Gasteiger partial charge in [0.25, 0.3) is 0 Å². The molecule has 0 heterocycles. The summed E-state index contributed by atoms with van der Waals surface area (Å²) in [4.78, 5) is 0. The molecule has 0 aliphatic heterocycles. The molecule has 0 saturated heterocycles. The molecule has 0 bridgehead atoms. The van der Waals surface area contributed by atoms with Crippen LogP contribution in [-0.2, 0) is 4.74 Å². The van der Waals surface area contributed by atoms with E-state index in [0.29, 0.717) is 11.6 Å². The molecule has 0 spiro atoms. The number of benzene rings is 1. The third kappa shape index (κ3) is 3.50. The van der Waals surface area contributed by atoms with Gasteiger partial charge < -0.3 is 9.84 Å². The smallest absolute Gasteiger partial charge is 0.108 e. The van der Waals surface area contributed by atoms with Crippen molar-refractivity contribution >= 4 is 11.6 Å². The van der Waals surface area contributed by atoms with Gasteiger partial charge in [0.2, 0.25) is 0 Å². The monoisotopic (exact) mass is 282 g/mol. The van der Waals surface area contributed by atoms with Gasteiger partial charge in [0.05, 0.1) is 5.60 Å². The number of hydrogen-bond acceptors (Lipinski definition) is 2. The molecule has 1 aliphatic carbocycles. The molecule has 1 N–H and O–H groups in total. The van der Waals surface area contributed by atoms with Crippen LogP contribution in [0.1, 0.15) is 57.1 Å². The van der Waals surface area contributed by atoms with Crippen molar-refractivity contribution in [1.29, 1.82) is 0 Å². The van der Waals surface area contributed by atoms with Gasteiger partial charge >= 0.3 is 0 Å². The zero-order valence-electron chi connectivity index (χ0n) is 11.6. The highest BCUT2D eigenvalue weighted by molar-refractivity contribution is 6.30. The maximum Gasteiger partial charge on any atom is 0.108 e. The molecule has 1 aliphatic rings. The van der Waals surface area contributed by atoms with Crippen LogP contribution in [0.5, 0.6) is 0 Å². The molecular weight excluding hydrogens is 260 g/mol. The first kappa shape index (κ1) is 14.8. The predicted octanol–water partition coefficient (Wildman–Crippen LogP) is 4.50. The molecule has 2 rings (SSSR count). The van der Waals surface area contributed by atoms with Crippen LogP contribution in [-0.4, -0.2) is 17.3 Å². The van der Waals surface area contributed by atoms with Crippen LogP contribution in [0.2, 0.25) is 5.02 Å². The Hall–Kier alpha value is -0.570. The lowest BCUT2D eigenvalue weighted by atomic mass is 9.84. The third-order valence-corrected chi connectivity index (χ3v) is 4.28. The van der Waals surface area contributed by atoms with Crippen molar-refractivity contribution in [2.45, 2.75) is 57.2 Å². The molecular formula is C16H23ClO2. The molecule has 1 aromatic rings. The summed E-state index contributed by atoms with van der Waals surface area (Å²) < 4.78 is 6.01. The first-order chi connectivity index (χ1) is 9.18. The molecule has 1 aromatic carbocycles. The second-order valence-electron chi connectivity index (χ2n) is 5.37. The molecule has 1 atom stereocenters. The second kappa shape index (κ2) is 6.74. The fourth-order valence-corrected chi connectivity index (χ4v) is 3.29. The molecule has 2 nitrogen and oxygen atoms in total. The lowest BCUT2D eigenvalue weighted by Crippen LogP contribution is -2.39. The van der Waals surface area contributed by atoms with E-state index in [1.807, 2.05) is 31.2 Å². The normalized spacial score (nSPS) is 20.8. The van der Waals surface area contributed by atoms with Crippen LogP contribution < -0.4 is 0 Å². The van der Waals surface area contributed by atoms with Crippen LogP contribution in [0.4, 0.5) is 0 Å². The number of aliphatic hydroxyl groups excluding tert-OH is 1. The van der Waals surface area contributed by atoms with Gasteiger partial charge in [-0.1, -0.05) is 49.4 Å². The van der Waals surface area contributed by atoms with Gasteiger partial charge in [-0.15, -0.1) is 0 Å². The lowest BCUT2D eigenvalue weighted by molar-refractivity contribution is -0.131. The molecule has 0 radical (unpaired) electrons. The summed E-state index contributed by atoms with van der Waals surface area (Å²) in [5, 5.41) is 11.5. The Morgan fingerprint density at radius 1 is 1.26 bits per heavy atom. The van der Waals surface area contributed by atoms with E-state index in [9.17, 15) is 5.11 Å². The summed E-state index contributed by atoms with van der Waals surface area (Å²) in [6.07, 6.45) is 5.97. The Morgan fingerprint density at radius 2 is 1.95 bits per heavy atom. The average molecular weight is 283 g/mol. The average Bonchev–Trinajstić information content (AvgIpc) is 2.65. The highest BCUT2D eigenvalue weighted by Gasteiger charge is 2.39. The van der Waals surface area contributed by atoms with Gasteiger partial charge in [-0.25, -0.2) is 0 Å². The number of aliphatic hydroxyl groups is 1. The third-order valence-electron chi connectivity index (χ3n) is 4.04. The number of rotatable bonds is 4. The molecule has 3 heteroatoms. The van der Waals surface area contributed by atoms with E-state index < -0.39 is 11.7 Å². The number of halogens is 1. The Bertz CT molecular complexity index is 397. The predicted molar refractivity (Wildman–Crippen MR) is 78.5 cm³/mol. The topological polar surface area (TPSA) is 29.5 Å². The molecule has 0 amide bonds. The van der Waals surface area contributed by atoms with Crippen molar-refractivity contribution in [3.8, 4) is 0 Å². The summed E-state index contributed by atoms with van der Waals surface area (Å²) in [7, 11) is 0. The van der Waals surface area contributed by atoms with Crippen molar-refractivity contribution in [3.05, 3.63) is 34.9 Å². The molecule has 1 fully saturated rings. The molecule has 1 unspecified atom stereocenters. The van der Waals surface area contributed by atoms with Crippen molar-refractivity contribution in [1.82, 2.24) is 0 Å². The largest absolute Gasteiger partial charge is 0.385 e. The zero-order chi connectivity index (χ0) is 13.7. The van der Waals surface area contributed by atoms with Crippen LogP contribution in [0.15, 0.2) is 24.3 Å². The van der Waals surface area contributed by atoms with E-state index in [0.717, 1.165) is 31.2 Å². The van der Waals surface area contributed by atoms with E-state index in [1.54, 1.807) is 0 Å². The Balaban J connectivity index is 2.26. The van der Waals surface area contributed by atoms with E-state index in [-0.39, 0.29) is 0 Å². The Kier molecular flexibility index (Phi) is 5.26. The number of ether oxygens (including phenoxy) is 1.